The Morgan fingerprint density at radius 1 is 1.36 bits per heavy atom. The Hall–Kier alpha value is -1.78. The van der Waals surface area contributed by atoms with E-state index in [1.54, 1.807) is 12.1 Å². The number of nitrogens with one attached hydrogen (secondary N) is 1. The first kappa shape index (κ1) is 18.0. The molecule has 2 aromatic rings. The zero-order valence-corrected chi connectivity index (χ0v) is 15.4. The number of hydrogen-bond acceptors (Lipinski definition) is 5. The summed E-state index contributed by atoms with van der Waals surface area (Å²) in [6.45, 7) is 0. The van der Waals surface area contributed by atoms with Crippen LogP contribution in [0.1, 0.15) is 25.3 Å². The summed E-state index contributed by atoms with van der Waals surface area (Å²) in [5.41, 5.74) is 4.64. The summed E-state index contributed by atoms with van der Waals surface area (Å²) in [5, 5.41) is 0. The van der Waals surface area contributed by atoms with Gasteiger partial charge in [-0.3, -0.25) is 4.57 Å². The van der Waals surface area contributed by atoms with Gasteiger partial charge in [-0.1, -0.05) is 22.0 Å². The van der Waals surface area contributed by atoms with E-state index in [0.29, 0.717) is 23.7 Å². The second-order valence-electron chi connectivity index (χ2n) is 5.91. The number of anilines is 1. The van der Waals surface area contributed by atoms with E-state index in [1.165, 1.54) is 16.7 Å². The number of nitrogens with zero attached hydrogens (tertiary/aromatic N) is 2. The van der Waals surface area contributed by atoms with Crippen molar-refractivity contribution in [3.63, 3.8) is 0 Å². The van der Waals surface area contributed by atoms with Gasteiger partial charge in [-0.25, -0.2) is 22.3 Å². The lowest BCUT2D eigenvalue weighted by atomic mass is 10.2. The summed E-state index contributed by atoms with van der Waals surface area (Å²) in [6, 6.07) is 5.71. The van der Waals surface area contributed by atoms with Crippen molar-refractivity contribution in [3.8, 4) is 0 Å². The van der Waals surface area contributed by atoms with Crippen LogP contribution in [0.5, 0.6) is 0 Å². The number of aromatic nitrogens is 2. The van der Waals surface area contributed by atoms with E-state index in [4.69, 9.17) is 5.73 Å². The molecule has 0 aliphatic heterocycles. The molecule has 1 heterocycles. The number of nitrogen functional groups attached to an aromatic ring is 1. The molecule has 1 saturated carbocycles. The number of halogens is 2. The largest absolute Gasteiger partial charge is 0.381 e. The summed E-state index contributed by atoms with van der Waals surface area (Å²) in [5.74, 6) is -1.20. The van der Waals surface area contributed by atoms with Gasteiger partial charge in [-0.2, -0.15) is 4.98 Å². The monoisotopic (exact) mass is 430 g/mol. The maximum atomic E-state index is 13.6. The Kier molecular flexibility index (Phi) is 4.94. The van der Waals surface area contributed by atoms with Crippen molar-refractivity contribution in [2.75, 3.05) is 5.73 Å². The van der Waals surface area contributed by atoms with Gasteiger partial charge >= 0.3 is 5.69 Å². The Morgan fingerprint density at radius 3 is 2.84 bits per heavy atom. The first-order valence-corrected chi connectivity index (χ1v) is 9.86. The molecular weight excluding hydrogens is 415 g/mol. The van der Waals surface area contributed by atoms with Crippen molar-refractivity contribution in [1.82, 2.24) is 14.3 Å². The molecule has 1 aliphatic carbocycles. The van der Waals surface area contributed by atoms with E-state index in [0.717, 1.165) is 6.20 Å². The van der Waals surface area contributed by atoms with Crippen LogP contribution in [-0.4, -0.2) is 24.0 Å². The Balaban J connectivity index is 1.75. The molecule has 1 fully saturated rings. The van der Waals surface area contributed by atoms with Gasteiger partial charge in [0.1, 0.15) is 0 Å². The van der Waals surface area contributed by atoms with Crippen LogP contribution in [0.4, 0.5) is 10.2 Å². The maximum Gasteiger partial charge on any atom is 0.349 e. The zero-order valence-electron chi connectivity index (χ0n) is 13.0. The zero-order chi connectivity index (χ0) is 18.2. The standard InChI is InChI=1S/C15H16BrFN4O3S/c16-9-2-1-3-12(6-9)25(23,24)20-10-4-5-11(7-10)21-8-13(17)14(18)19-15(21)22/h1-3,6,8,10-11,20H,4-5,7H2,(H2,18,19,22)/t10-,11-/m0/s1. The minimum atomic E-state index is -3.67. The minimum Gasteiger partial charge on any atom is -0.381 e. The fraction of sp³-hybridized carbons (Fsp3) is 0.333. The van der Waals surface area contributed by atoms with Crippen molar-refractivity contribution >= 4 is 31.8 Å². The minimum absolute atomic E-state index is 0.155. The predicted molar refractivity (Wildman–Crippen MR) is 94.0 cm³/mol. The van der Waals surface area contributed by atoms with Crippen LogP contribution in [0.15, 0.2) is 44.6 Å². The molecule has 0 spiro atoms. The number of rotatable bonds is 4. The molecule has 10 heteroatoms. The molecule has 1 aromatic carbocycles. The van der Waals surface area contributed by atoms with Gasteiger partial charge in [-0.05, 0) is 37.5 Å². The van der Waals surface area contributed by atoms with Crippen LogP contribution in [0.3, 0.4) is 0 Å². The van der Waals surface area contributed by atoms with Crippen molar-refractivity contribution < 1.29 is 12.8 Å². The fourth-order valence-corrected chi connectivity index (χ4v) is 4.84. The molecule has 0 bridgehead atoms. The highest BCUT2D eigenvalue weighted by molar-refractivity contribution is 9.10. The molecule has 0 unspecified atom stereocenters. The first-order valence-electron chi connectivity index (χ1n) is 7.58. The summed E-state index contributed by atoms with van der Waals surface area (Å²) in [7, 11) is -3.67. The lowest BCUT2D eigenvalue weighted by Crippen LogP contribution is -2.34. The normalized spacial score (nSPS) is 20.7. The Bertz CT molecular complexity index is 963. The highest BCUT2D eigenvalue weighted by Crippen LogP contribution is 2.30. The molecule has 0 saturated heterocycles. The van der Waals surface area contributed by atoms with Crippen LogP contribution in [0, 0.1) is 5.82 Å². The van der Waals surface area contributed by atoms with Gasteiger partial charge in [-0.15, -0.1) is 0 Å². The van der Waals surface area contributed by atoms with Gasteiger partial charge in [0.15, 0.2) is 11.6 Å². The van der Waals surface area contributed by atoms with Gasteiger partial charge < -0.3 is 5.73 Å². The van der Waals surface area contributed by atoms with Gasteiger partial charge in [0.05, 0.1) is 4.90 Å². The Labute approximate surface area is 152 Å². The van der Waals surface area contributed by atoms with Crippen molar-refractivity contribution in [2.24, 2.45) is 0 Å². The van der Waals surface area contributed by atoms with E-state index in [2.05, 4.69) is 25.6 Å². The molecular formula is C15H16BrFN4O3S. The first-order chi connectivity index (χ1) is 11.8. The highest BCUT2D eigenvalue weighted by Gasteiger charge is 2.30. The third-order valence-electron chi connectivity index (χ3n) is 4.16. The molecule has 0 radical (unpaired) electrons. The van der Waals surface area contributed by atoms with Crippen molar-refractivity contribution in [2.45, 2.75) is 36.2 Å². The van der Waals surface area contributed by atoms with Gasteiger partial charge in [0, 0.05) is 22.8 Å². The third-order valence-corrected chi connectivity index (χ3v) is 6.17. The summed E-state index contributed by atoms with van der Waals surface area (Å²) in [6.07, 6.45) is 2.48. The number of nitrogens with two attached hydrogens (primary N) is 1. The molecule has 1 aromatic heterocycles. The number of benzene rings is 1. The topological polar surface area (TPSA) is 107 Å². The predicted octanol–water partition coefficient (Wildman–Crippen LogP) is 1.80. The van der Waals surface area contributed by atoms with Gasteiger partial charge in [0.25, 0.3) is 0 Å². The van der Waals surface area contributed by atoms with E-state index in [9.17, 15) is 17.6 Å². The molecule has 2 atom stereocenters. The van der Waals surface area contributed by atoms with Crippen LogP contribution < -0.4 is 16.1 Å². The molecule has 0 amide bonds. The van der Waals surface area contributed by atoms with Crippen LogP contribution >= 0.6 is 15.9 Å². The maximum absolute atomic E-state index is 13.6. The molecule has 7 nitrogen and oxygen atoms in total. The molecule has 134 valence electrons. The summed E-state index contributed by atoms with van der Waals surface area (Å²) >= 11 is 3.25. The second kappa shape index (κ2) is 6.85. The van der Waals surface area contributed by atoms with E-state index in [1.807, 2.05) is 0 Å². The third kappa shape index (κ3) is 3.91. The molecule has 3 N–H and O–H groups in total. The average Bonchev–Trinajstić information content (AvgIpc) is 2.98. The number of hydrogen-bond donors (Lipinski definition) is 2. The second-order valence-corrected chi connectivity index (χ2v) is 8.54. The van der Waals surface area contributed by atoms with Crippen molar-refractivity contribution in [3.05, 3.63) is 51.2 Å². The fourth-order valence-electron chi connectivity index (χ4n) is 2.96. The quantitative estimate of drug-likeness (QED) is 0.768. The number of sulfonamides is 1. The molecule has 1 aliphatic rings. The smallest absolute Gasteiger partial charge is 0.349 e. The van der Waals surface area contributed by atoms with Crippen LogP contribution in [0.25, 0.3) is 0 Å². The molecule has 3 rings (SSSR count). The van der Waals surface area contributed by atoms with Gasteiger partial charge in [0.2, 0.25) is 10.0 Å². The van der Waals surface area contributed by atoms with Crippen LogP contribution in [-0.2, 0) is 10.0 Å². The average molecular weight is 431 g/mol. The van der Waals surface area contributed by atoms with E-state index >= 15 is 0 Å². The van der Waals surface area contributed by atoms with Crippen LogP contribution in [0.2, 0.25) is 0 Å². The molecule has 25 heavy (non-hydrogen) atoms. The Morgan fingerprint density at radius 2 is 2.12 bits per heavy atom. The van der Waals surface area contributed by atoms with E-state index < -0.39 is 27.3 Å². The summed E-state index contributed by atoms with van der Waals surface area (Å²) < 4.78 is 43.0. The van der Waals surface area contributed by atoms with Crippen molar-refractivity contribution in [1.29, 1.82) is 0 Å². The van der Waals surface area contributed by atoms with E-state index in [-0.39, 0.29) is 17.0 Å². The lowest BCUT2D eigenvalue weighted by molar-refractivity contribution is 0.461. The summed E-state index contributed by atoms with van der Waals surface area (Å²) in [4.78, 5) is 15.5. The lowest BCUT2D eigenvalue weighted by Gasteiger charge is -2.15. The highest BCUT2D eigenvalue weighted by atomic mass is 79.9. The SMILES string of the molecule is Nc1nc(=O)n([C@H]2CC[C@H](NS(=O)(=O)c3cccc(Br)c3)C2)cc1F.